The van der Waals surface area contributed by atoms with E-state index in [0.717, 1.165) is 10.6 Å². The number of aromatic amines is 1. The van der Waals surface area contributed by atoms with Gasteiger partial charge in [-0.3, -0.25) is 27.9 Å². The van der Waals surface area contributed by atoms with Gasteiger partial charge in [0.2, 0.25) is 0 Å². The summed E-state index contributed by atoms with van der Waals surface area (Å²) < 4.78 is 35.5. The molecule has 0 aromatic carbocycles. The zero-order chi connectivity index (χ0) is 19.1. The minimum atomic E-state index is -3.89. The van der Waals surface area contributed by atoms with Gasteiger partial charge in [-0.1, -0.05) is 5.11 Å². The molecular weight excluding hydrogens is 369 g/mol. The van der Waals surface area contributed by atoms with E-state index in [1.807, 2.05) is 0 Å². The highest BCUT2D eigenvalue weighted by atomic mass is 31.2. The van der Waals surface area contributed by atoms with Crippen LogP contribution in [0.2, 0.25) is 0 Å². The molecule has 2 aliphatic heterocycles. The summed E-state index contributed by atoms with van der Waals surface area (Å²) in [5.74, 6) is 0. The molecule has 0 saturated carbocycles. The molecule has 2 fully saturated rings. The third-order valence-electron chi connectivity index (χ3n) is 4.06. The van der Waals surface area contributed by atoms with E-state index in [-0.39, 0.29) is 6.61 Å². The molecule has 0 bridgehead atoms. The van der Waals surface area contributed by atoms with Crippen molar-refractivity contribution < 1.29 is 22.9 Å². The van der Waals surface area contributed by atoms with Crippen LogP contribution >= 0.6 is 7.82 Å². The first-order valence-electron chi connectivity index (χ1n) is 7.83. The molecule has 3 rings (SSSR count). The van der Waals surface area contributed by atoms with E-state index in [4.69, 9.17) is 23.8 Å². The fourth-order valence-corrected chi connectivity index (χ4v) is 4.65. The smallest absolute Gasteiger partial charge is 0.349 e. The van der Waals surface area contributed by atoms with E-state index >= 15 is 0 Å². The van der Waals surface area contributed by atoms with Gasteiger partial charge in [-0.15, -0.1) is 0 Å². The van der Waals surface area contributed by atoms with Crippen molar-refractivity contribution in [2.24, 2.45) is 5.11 Å². The maximum Gasteiger partial charge on any atom is 0.475 e. The second kappa shape index (κ2) is 6.66. The van der Waals surface area contributed by atoms with Crippen LogP contribution in [0.15, 0.2) is 27.0 Å². The summed E-state index contributed by atoms with van der Waals surface area (Å²) >= 11 is 0. The van der Waals surface area contributed by atoms with Gasteiger partial charge in [0.25, 0.3) is 5.56 Å². The standard InChI is InChI=1S/C13H18N5O7P/c1-7(2)24-26(21)22-6-8-10(25-26)13(3,16-17-14)11(23-8)18-5-4-9(19)15-12(18)20/h4-5,7-8,10-11H,6H2,1-3H3,(H,15,19,20)/t8-,10-,11-,13-,26?/m1/s1. The Labute approximate surface area is 147 Å². The fraction of sp³-hybridized carbons (Fsp3) is 0.692. The first kappa shape index (κ1) is 18.8. The molecule has 12 nitrogen and oxygen atoms in total. The maximum absolute atomic E-state index is 12.7. The molecule has 1 unspecified atom stereocenters. The van der Waals surface area contributed by atoms with Gasteiger partial charge in [0.05, 0.1) is 12.7 Å². The maximum atomic E-state index is 12.7. The number of ether oxygens (including phenoxy) is 1. The Kier molecular flexibility index (Phi) is 4.82. The quantitative estimate of drug-likeness (QED) is 0.354. The summed E-state index contributed by atoms with van der Waals surface area (Å²) in [5.41, 5.74) is 6.23. The summed E-state index contributed by atoms with van der Waals surface area (Å²) in [6, 6.07) is 1.13. The van der Waals surface area contributed by atoms with E-state index in [1.54, 1.807) is 13.8 Å². The second-order valence-electron chi connectivity index (χ2n) is 6.38. The van der Waals surface area contributed by atoms with Crippen LogP contribution in [0.25, 0.3) is 10.4 Å². The van der Waals surface area contributed by atoms with E-state index in [0.29, 0.717) is 0 Å². The average molecular weight is 387 g/mol. The molecule has 1 aromatic heterocycles. The number of nitrogens with one attached hydrogen (secondary N) is 1. The van der Waals surface area contributed by atoms with Crippen LogP contribution in [0, 0.1) is 0 Å². The Balaban J connectivity index is 2.02. The Morgan fingerprint density at radius 1 is 1.54 bits per heavy atom. The topological polar surface area (TPSA) is 158 Å². The van der Waals surface area contributed by atoms with Crippen molar-refractivity contribution in [1.29, 1.82) is 0 Å². The van der Waals surface area contributed by atoms with Crippen molar-refractivity contribution in [2.45, 2.75) is 50.8 Å². The average Bonchev–Trinajstić information content (AvgIpc) is 2.79. The molecule has 1 aromatic rings. The van der Waals surface area contributed by atoms with Crippen molar-refractivity contribution in [3.8, 4) is 0 Å². The zero-order valence-corrected chi connectivity index (χ0v) is 15.2. The van der Waals surface area contributed by atoms with Gasteiger partial charge in [-0.05, 0) is 26.3 Å². The van der Waals surface area contributed by atoms with Crippen LogP contribution in [-0.2, 0) is 22.9 Å². The number of rotatable bonds is 4. The first-order valence-corrected chi connectivity index (χ1v) is 9.29. The minimum absolute atomic E-state index is 0.139. The molecule has 1 N–H and O–H groups in total. The Bertz CT molecular complexity index is 907. The lowest BCUT2D eigenvalue weighted by molar-refractivity contribution is -0.0749. The highest BCUT2D eigenvalue weighted by molar-refractivity contribution is 7.48. The van der Waals surface area contributed by atoms with Crippen molar-refractivity contribution in [1.82, 2.24) is 9.55 Å². The van der Waals surface area contributed by atoms with Crippen molar-refractivity contribution in [3.05, 3.63) is 43.5 Å². The third-order valence-corrected chi connectivity index (χ3v) is 5.69. The number of aromatic nitrogens is 2. The lowest BCUT2D eigenvalue weighted by Crippen LogP contribution is -2.48. The highest BCUT2D eigenvalue weighted by Crippen LogP contribution is 2.59. The van der Waals surface area contributed by atoms with E-state index < -0.39 is 49.2 Å². The van der Waals surface area contributed by atoms with Gasteiger partial charge in [0, 0.05) is 17.2 Å². The van der Waals surface area contributed by atoms with Gasteiger partial charge in [-0.2, -0.15) is 0 Å². The number of fused-ring (bicyclic) bond motifs is 1. The zero-order valence-electron chi connectivity index (χ0n) is 14.3. The summed E-state index contributed by atoms with van der Waals surface area (Å²) in [7, 11) is -3.89. The molecule has 5 atom stereocenters. The minimum Gasteiger partial charge on any atom is -0.349 e. The van der Waals surface area contributed by atoms with E-state index in [2.05, 4.69) is 15.0 Å². The predicted octanol–water partition coefficient (Wildman–Crippen LogP) is 1.45. The first-order chi connectivity index (χ1) is 12.2. The fourth-order valence-electron chi connectivity index (χ4n) is 3.00. The lowest BCUT2D eigenvalue weighted by atomic mass is 9.93. The summed E-state index contributed by atoms with van der Waals surface area (Å²) in [5, 5.41) is 3.75. The number of hydrogen-bond donors (Lipinski definition) is 1. The normalized spacial score (nSPS) is 36.5. The van der Waals surface area contributed by atoms with Crippen molar-refractivity contribution in [3.63, 3.8) is 0 Å². The molecule has 0 aliphatic carbocycles. The highest BCUT2D eigenvalue weighted by Gasteiger charge is 2.60. The van der Waals surface area contributed by atoms with Gasteiger partial charge in [0.1, 0.15) is 17.7 Å². The van der Waals surface area contributed by atoms with Gasteiger partial charge in [0.15, 0.2) is 6.23 Å². The summed E-state index contributed by atoms with van der Waals surface area (Å²) in [6.45, 7) is 4.70. The number of phosphoric ester groups is 1. The molecule has 13 heteroatoms. The number of phosphoric acid groups is 1. The van der Waals surface area contributed by atoms with Gasteiger partial charge in [-0.25, -0.2) is 9.36 Å². The molecule has 26 heavy (non-hydrogen) atoms. The Hall–Kier alpha value is -1.94. The van der Waals surface area contributed by atoms with Crippen molar-refractivity contribution in [2.75, 3.05) is 6.61 Å². The van der Waals surface area contributed by atoms with Crippen LogP contribution in [0.3, 0.4) is 0 Å². The van der Waals surface area contributed by atoms with Gasteiger partial charge < -0.3 is 4.74 Å². The number of hydrogen-bond acceptors (Lipinski definition) is 8. The molecule has 0 spiro atoms. The summed E-state index contributed by atoms with van der Waals surface area (Å²) in [6.07, 6.45) is -2.05. The van der Waals surface area contributed by atoms with Crippen molar-refractivity contribution >= 4 is 7.82 Å². The molecule has 0 radical (unpaired) electrons. The number of nitrogens with zero attached hydrogens (tertiary/aromatic N) is 4. The van der Waals surface area contributed by atoms with E-state index in [9.17, 15) is 14.2 Å². The molecule has 0 amide bonds. The lowest BCUT2D eigenvalue weighted by Gasteiger charge is -2.35. The SMILES string of the molecule is CC(C)OP1(=O)OC[C@H]2O[C@@H](n3ccc(=O)[nH]c3=O)[C@](C)(N=[N+]=[N-])[C@@H]2O1. The van der Waals surface area contributed by atoms with Crippen LogP contribution in [0.5, 0.6) is 0 Å². The number of azide groups is 1. The van der Waals surface area contributed by atoms with Crippen LogP contribution in [0.1, 0.15) is 27.0 Å². The largest absolute Gasteiger partial charge is 0.475 e. The summed E-state index contributed by atoms with van der Waals surface area (Å²) in [4.78, 5) is 28.4. The molecule has 3 heterocycles. The van der Waals surface area contributed by atoms with Gasteiger partial charge >= 0.3 is 13.5 Å². The third kappa shape index (κ3) is 3.23. The molecule has 2 aliphatic rings. The monoisotopic (exact) mass is 387 g/mol. The molecule has 142 valence electrons. The van der Waals surface area contributed by atoms with Crippen LogP contribution in [-0.4, -0.2) is 40.0 Å². The second-order valence-corrected chi connectivity index (χ2v) is 7.96. The van der Waals surface area contributed by atoms with E-state index in [1.165, 1.54) is 13.1 Å². The number of H-pyrrole nitrogens is 1. The van der Waals surface area contributed by atoms with Crippen LogP contribution in [0.4, 0.5) is 0 Å². The Morgan fingerprint density at radius 2 is 2.27 bits per heavy atom. The molecular formula is C13H18N5O7P. The molecule has 2 saturated heterocycles. The Morgan fingerprint density at radius 3 is 2.88 bits per heavy atom. The predicted molar refractivity (Wildman–Crippen MR) is 87.4 cm³/mol. The van der Waals surface area contributed by atoms with Crippen LogP contribution < -0.4 is 11.2 Å².